The molecule has 2 unspecified atom stereocenters. The standard InChI is InChI=1S/C15H24N2O/c1-11-7-12(2)9-14(8-11)17(4)13(3)15-10-16-5-6-18-15/h7-9,13,15-16H,5-6,10H2,1-4H3. The molecule has 0 spiro atoms. The lowest BCUT2D eigenvalue weighted by Crippen LogP contribution is -2.50. The van der Waals surface area contributed by atoms with E-state index in [0.717, 1.165) is 19.7 Å². The average molecular weight is 248 g/mol. The number of likely N-dealkylation sites (N-methyl/N-ethyl adjacent to an activating group) is 1. The van der Waals surface area contributed by atoms with Crippen LogP contribution in [0.2, 0.25) is 0 Å². The number of rotatable bonds is 3. The highest BCUT2D eigenvalue weighted by Gasteiger charge is 2.24. The maximum Gasteiger partial charge on any atom is 0.0899 e. The SMILES string of the molecule is Cc1cc(C)cc(N(C)C(C)C2CNCCO2)c1. The first kappa shape index (κ1) is 13.4. The van der Waals surface area contributed by atoms with Gasteiger partial charge in [0.25, 0.3) is 0 Å². The van der Waals surface area contributed by atoms with Gasteiger partial charge in [-0.3, -0.25) is 0 Å². The summed E-state index contributed by atoms with van der Waals surface area (Å²) in [5.74, 6) is 0. The summed E-state index contributed by atoms with van der Waals surface area (Å²) in [6.45, 7) is 9.25. The second kappa shape index (κ2) is 5.72. The molecule has 2 atom stereocenters. The molecule has 1 aliphatic rings. The first-order chi connectivity index (χ1) is 8.58. The van der Waals surface area contributed by atoms with E-state index in [1.54, 1.807) is 0 Å². The Morgan fingerprint density at radius 1 is 1.28 bits per heavy atom. The van der Waals surface area contributed by atoms with Crippen molar-refractivity contribution in [1.29, 1.82) is 0 Å². The van der Waals surface area contributed by atoms with Gasteiger partial charge < -0.3 is 15.0 Å². The van der Waals surface area contributed by atoms with Crippen LogP contribution in [0.1, 0.15) is 18.1 Å². The molecule has 1 fully saturated rings. The van der Waals surface area contributed by atoms with Gasteiger partial charge in [0.2, 0.25) is 0 Å². The second-order valence-corrected chi connectivity index (χ2v) is 5.31. The van der Waals surface area contributed by atoms with E-state index in [2.05, 4.69) is 56.2 Å². The minimum Gasteiger partial charge on any atom is -0.373 e. The average Bonchev–Trinajstić information content (AvgIpc) is 2.37. The monoisotopic (exact) mass is 248 g/mol. The maximum atomic E-state index is 5.84. The van der Waals surface area contributed by atoms with Crippen LogP contribution in [0.4, 0.5) is 5.69 Å². The highest BCUT2D eigenvalue weighted by atomic mass is 16.5. The van der Waals surface area contributed by atoms with Crippen molar-refractivity contribution in [2.24, 2.45) is 0 Å². The third kappa shape index (κ3) is 3.03. The van der Waals surface area contributed by atoms with Gasteiger partial charge in [0.15, 0.2) is 0 Å². The van der Waals surface area contributed by atoms with Gasteiger partial charge in [-0.05, 0) is 44.0 Å². The van der Waals surface area contributed by atoms with E-state index >= 15 is 0 Å². The second-order valence-electron chi connectivity index (χ2n) is 5.31. The van der Waals surface area contributed by atoms with Gasteiger partial charge in [-0.25, -0.2) is 0 Å². The summed E-state index contributed by atoms with van der Waals surface area (Å²) in [5, 5.41) is 3.39. The van der Waals surface area contributed by atoms with Gasteiger partial charge >= 0.3 is 0 Å². The summed E-state index contributed by atoms with van der Waals surface area (Å²) in [4.78, 5) is 2.32. The molecule has 3 heteroatoms. The molecule has 0 radical (unpaired) electrons. The van der Waals surface area contributed by atoms with E-state index < -0.39 is 0 Å². The lowest BCUT2D eigenvalue weighted by atomic mass is 10.1. The molecule has 1 saturated heterocycles. The highest BCUT2D eigenvalue weighted by molar-refractivity contribution is 5.51. The molecule has 0 aliphatic carbocycles. The lowest BCUT2D eigenvalue weighted by molar-refractivity contribution is 0.0153. The van der Waals surface area contributed by atoms with Gasteiger partial charge in [-0.15, -0.1) is 0 Å². The summed E-state index contributed by atoms with van der Waals surface area (Å²) >= 11 is 0. The fourth-order valence-electron chi connectivity index (χ4n) is 2.53. The van der Waals surface area contributed by atoms with Crippen molar-refractivity contribution in [3.8, 4) is 0 Å². The molecule has 1 N–H and O–H groups in total. The van der Waals surface area contributed by atoms with Gasteiger partial charge in [-0.2, -0.15) is 0 Å². The van der Waals surface area contributed by atoms with Crippen LogP contribution in [0.15, 0.2) is 18.2 Å². The minimum absolute atomic E-state index is 0.268. The molecule has 1 aliphatic heterocycles. The van der Waals surface area contributed by atoms with Crippen LogP contribution in [0, 0.1) is 13.8 Å². The van der Waals surface area contributed by atoms with E-state index in [0.29, 0.717) is 6.04 Å². The van der Waals surface area contributed by atoms with E-state index in [1.165, 1.54) is 16.8 Å². The molecule has 100 valence electrons. The Hall–Kier alpha value is -1.06. The van der Waals surface area contributed by atoms with E-state index in [9.17, 15) is 0 Å². The third-order valence-electron chi connectivity index (χ3n) is 3.72. The highest BCUT2D eigenvalue weighted by Crippen LogP contribution is 2.21. The number of anilines is 1. The quantitative estimate of drug-likeness (QED) is 0.886. The summed E-state index contributed by atoms with van der Waals surface area (Å²) in [7, 11) is 2.15. The van der Waals surface area contributed by atoms with Crippen LogP contribution in [-0.2, 0) is 4.74 Å². The molecule has 0 amide bonds. The zero-order valence-corrected chi connectivity index (χ0v) is 11.9. The number of nitrogens with zero attached hydrogens (tertiary/aromatic N) is 1. The largest absolute Gasteiger partial charge is 0.373 e. The Kier molecular flexibility index (Phi) is 4.25. The maximum absolute atomic E-state index is 5.84. The summed E-state index contributed by atoms with van der Waals surface area (Å²) < 4.78 is 5.84. The zero-order chi connectivity index (χ0) is 13.1. The van der Waals surface area contributed by atoms with Crippen molar-refractivity contribution >= 4 is 5.69 Å². The Labute approximate surface area is 110 Å². The van der Waals surface area contributed by atoms with Gasteiger partial charge in [-0.1, -0.05) is 6.07 Å². The molecule has 0 saturated carbocycles. The van der Waals surface area contributed by atoms with Crippen LogP contribution in [0.25, 0.3) is 0 Å². The Bertz CT molecular complexity index is 379. The molecule has 3 nitrogen and oxygen atoms in total. The number of aryl methyl sites for hydroxylation is 2. The molecule has 18 heavy (non-hydrogen) atoms. The fourth-order valence-corrected chi connectivity index (χ4v) is 2.53. The molecule has 2 rings (SSSR count). The van der Waals surface area contributed by atoms with Crippen molar-refractivity contribution in [2.75, 3.05) is 31.6 Å². The molecular weight excluding hydrogens is 224 g/mol. The molecular formula is C15H24N2O. The van der Waals surface area contributed by atoms with E-state index in [1.807, 2.05) is 0 Å². The van der Waals surface area contributed by atoms with Crippen LogP contribution < -0.4 is 10.2 Å². The zero-order valence-electron chi connectivity index (χ0n) is 11.9. The number of benzene rings is 1. The van der Waals surface area contributed by atoms with Gasteiger partial charge in [0, 0.05) is 25.8 Å². The van der Waals surface area contributed by atoms with Gasteiger partial charge in [0.05, 0.1) is 18.8 Å². The molecule has 0 bridgehead atoms. The fraction of sp³-hybridized carbons (Fsp3) is 0.600. The van der Waals surface area contributed by atoms with E-state index in [4.69, 9.17) is 4.74 Å². The summed E-state index contributed by atoms with van der Waals surface area (Å²) in [5.41, 5.74) is 3.90. The predicted octanol–water partition coefficient (Wildman–Crippen LogP) is 2.12. The Balaban J connectivity index is 2.11. The molecule has 1 aromatic carbocycles. The van der Waals surface area contributed by atoms with Crippen LogP contribution in [0.5, 0.6) is 0 Å². The van der Waals surface area contributed by atoms with Crippen molar-refractivity contribution in [1.82, 2.24) is 5.32 Å². The number of hydrogen-bond donors (Lipinski definition) is 1. The number of hydrogen-bond acceptors (Lipinski definition) is 3. The topological polar surface area (TPSA) is 24.5 Å². The molecule has 1 heterocycles. The number of nitrogens with one attached hydrogen (secondary N) is 1. The Morgan fingerprint density at radius 3 is 2.50 bits per heavy atom. The smallest absolute Gasteiger partial charge is 0.0899 e. The molecule has 1 aromatic rings. The molecule has 0 aromatic heterocycles. The normalized spacial score (nSPS) is 21.7. The van der Waals surface area contributed by atoms with E-state index in [-0.39, 0.29) is 6.10 Å². The van der Waals surface area contributed by atoms with Crippen LogP contribution >= 0.6 is 0 Å². The van der Waals surface area contributed by atoms with Gasteiger partial charge in [0.1, 0.15) is 0 Å². The first-order valence-electron chi connectivity index (χ1n) is 6.71. The number of ether oxygens (including phenoxy) is 1. The van der Waals surface area contributed by atoms with Crippen LogP contribution in [0.3, 0.4) is 0 Å². The van der Waals surface area contributed by atoms with Crippen molar-refractivity contribution in [3.05, 3.63) is 29.3 Å². The summed E-state index contributed by atoms with van der Waals surface area (Å²) in [6, 6.07) is 7.05. The van der Waals surface area contributed by atoms with Crippen molar-refractivity contribution < 1.29 is 4.74 Å². The first-order valence-corrected chi connectivity index (χ1v) is 6.71. The lowest BCUT2D eigenvalue weighted by Gasteiger charge is -2.36. The Morgan fingerprint density at radius 2 is 1.94 bits per heavy atom. The minimum atomic E-state index is 0.268. The third-order valence-corrected chi connectivity index (χ3v) is 3.72. The predicted molar refractivity (Wildman–Crippen MR) is 76.4 cm³/mol. The number of morpholine rings is 1. The van der Waals surface area contributed by atoms with Crippen molar-refractivity contribution in [3.63, 3.8) is 0 Å². The van der Waals surface area contributed by atoms with Crippen molar-refractivity contribution in [2.45, 2.75) is 32.9 Å². The summed E-state index contributed by atoms with van der Waals surface area (Å²) in [6.07, 6.45) is 0.268. The van der Waals surface area contributed by atoms with Crippen LogP contribution in [-0.4, -0.2) is 38.9 Å².